The van der Waals surface area contributed by atoms with E-state index in [0.717, 1.165) is 5.56 Å². The lowest BCUT2D eigenvalue weighted by molar-refractivity contribution is -0.141. The number of methoxy groups -OCH3 is 1. The molecule has 0 aliphatic heterocycles. The van der Waals surface area contributed by atoms with Crippen molar-refractivity contribution < 1.29 is 28.6 Å². The van der Waals surface area contributed by atoms with Crippen molar-refractivity contribution in [3.05, 3.63) is 53.6 Å². The molecule has 8 nitrogen and oxygen atoms in total. The highest BCUT2D eigenvalue weighted by molar-refractivity contribution is 6.04. The van der Waals surface area contributed by atoms with E-state index >= 15 is 0 Å². The highest BCUT2D eigenvalue weighted by atomic mass is 16.5. The Balaban J connectivity index is 1.98. The van der Waals surface area contributed by atoms with E-state index < -0.39 is 5.97 Å². The fraction of sp³-hybridized carbons (Fsp3) is 0.318. The number of hydrogen-bond acceptors (Lipinski definition) is 6. The molecule has 2 N–H and O–H groups in total. The normalized spacial score (nSPS) is 10.1. The van der Waals surface area contributed by atoms with E-state index in [2.05, 4.69) is 15.4 Å². The first-order chi connectivity index (χ1) is 14.5. The second-order valence-electron chi connectivity index (χ2n) is 6.21. The van der Waals surface area contributed by atoms with E-state index in [1.54, 1.807) is 42.5 Å². The first-order valence-corrected chi connectivity index (χ1v) is 9.60. The number of anilines is 1. The minimum absolute atomic E-state index is 0.113. The van der Waals surface area contributed by atoms with Gasteiger partial charge in [0, 0.05) is 11.3 Å². The molecule has 8 heteroatoms. The van der Waals surface area contributed by atoms with Crippen molar-refractivity contribution in [3.63, 3.8) is 0 Å². The van der Waals surface area contributed by atoms with Gasteiger partial charge in [-0.2, -0.15) is 0 Å². The SMILES string of the molecule is CCOc1ccc(C(=O)Nc2ccc(CC(=O)NCC(=O)OC)cc2)cc1OCC. The minimum atomic E-state index is -0.511. The van der Waals surface area contributed by atoms with Crippen LogP contribution < -0.4 is 20.1 Å². The van der Waals surface area contributed by atoms with Gasteiger partial charge in [-0.25, -0.2) is 0 Å². The van der Waals surface area contributed by atoms with E-state index in [4.69, 9.17) is 9.47 Å². The second kappa shape index (κ2) is 11.5. The van der Waals surface area contributed by atoms with Crippen molar-refractivity contribution in [2.45, 2.75) is 20.3 Å². The summed E-state index contributed by atoms with van der Waals surface area (Å²) >= 11 is 0. The third-order valence-electron chi connectivity index (χ3n) is 4.04. The second-order valence-corrected chi connectivity index (χ2v) is 6.21. The van der Waals surface area contributed by atoms with Crippen molar-refractivity contribution in [2.75, 3.05) is 32.2 Å². The summed E-state index contributed by atoms with van der Waals surface area (Å²) in [6.45, 7) is 4.52. The van der Waals surface area contributed by atoms with E-state index in [0.29, 0.717) is 36.0 Å². The molecule has 0 unspecified atom stereocenters. The topological polar surface area (TPSA) is 103 Å². The van der Waals surface area contributed by atoms with Crippen molar-refractivity contribution in [3.8, 4) is 11.5 Å². The van der Waals surface area contributed by atoms with Gasteiger partial charge in [0.25, 0.3) is 5.91 Å². The predicted octanol–water partition coefficient (Wildman–Crippen LogP) is 2.57. The van der Waals surface area contributed by atoms with Gasteiger partial charge in [0.05, 0.1) is 26.7 Å². The maximum Gasteiger partial charge on any atom is 0.325 e. The molecule has 0 bridgehead atoms. The van der Waals surface area contributed by atoms with Crippen molar-refractivity contribution in [1.29, 1.82) is 0 Å². The molecular formula is C22H26N2O6. The quantitative estimate of drug-likeness (QED) is 0.579. The number of hydrogen-bond donors (Lipinski definition) is 2. The zero-order valence-corrected chi connectivity index (χ0v) is 17.3. The molecule has 2 aromatic carbocycles. The van der Waals surface area contributed by atoms with Crippen LogP contribution in [0.1, 0.15) is 29.8 Å². The Bertz CT molecular complexity index is 880. The molecule has 0 saturated carbocycles. The average Bonchev–Trinajstić information content (AvgIpc) is 2.75. The molecule has 0 radical (unpaired) electrons. The van der Waals surface area contributed by atoms with Crippen LogP contribution in [0.2, 0.25) is 0 Å². The Kier molecular flexibility index (Phi) is 8.68. The summed E-state index contributed by atoms with van der Waals surface area (Å²) in [5.74, 6) is 0.00633. The lowest BCUT2D eigenvalue weighted by Gasteiger charge is -2.12. The Morgan fingerprint density at radius 1 is 0.900 bits per heavy atom. The minimum Gasteiger partial charge on any atom is -0.490 e. The number of benzene rings is 2. The molecule has 0 aliphatic rings. The van der Waals surface area contributed by atoms with Crippen molar-refractivity contribution in [1.82, 2.24) is 5.32 Å². The largest absolute Gasteiger partial charge is 0.490 e. The molecule has 0 spiro atoms. The molecule has 0 saturated heterocycles. The summed E-state index contributed by atoms with van der Waals surface area (Å²) in [5.41, 5.74) is 1.77. The first kappa shape index (κ1) is 22.7. The number of ether oxygens (including phenoxy) is 3. The van der Waals surface area contributed by atoms with Crippen LogP contribution in [0.5, 0.6) is 11.5 Å². The fourth-order valence-corrected chi connectivity index (χ4v) is 2.59. The number of carbonyl (C=O) groups is 3. The molecule has 2 aromatic rings. The molecule has 0 heterocycles. The number of rotatable bonds is 10. The van der Waals surface area contributed by atoms with Gasteiger partial charge < -0.3 is 24.8 Å². The molecule has 30 heavy (non-hydrogen) atoms. The predicted molar refractivity (Wildman–Crippen MR) is 112 cm³/mol. The lowest BCUT2D eigenvalue weighted by atomic mass is 10.1. The van der Waals surface area contributed by atoms with E-state index in [1.807, 2.05) is 13.8 Å². The molecule has 160 valence electrons. The number of amides is 2. The molecule has 0 aromatic heterocycles. The molecule has 2 rings (SSSR count). The van der Waals surface area contributed by atoms with E-state index in [-0.39, 0.29) is 24.8 Å². The Labute approximate surface area is 175 Å². The van der Waals surface area contributed by atoms with Gasteiger partial charge in [0.2, 0.25) is 5.91 Å². The fourth-order valence-electron chi connectivity index (χ4n) is 2.59. The summed E-state index contributed by atoms with van der Waals surface area (Å²) < 4.78 is 15.5. The van der Waals surface area contributed by atoms with Crippen LogP contribution in [0.4, 0.5) is 5.69 Å². The summed E-state index contributed by atoms with van der Waals surface area (Å²) in [6.07, 6.45) is 0.113. The van der Waals surface area contributed by atoms with Crippen LogP contribution in [0, 0.1) is 0 Å². The van der Waals surface area contributed by atoms with Crippen molar-refractivity contribution >= 4 is 23.5 Å². The molecule has 0 fully saturated rings. The highest BCUT2D eigenvalue weighted by Crippen LogP contribution is 2.29. The monoisotopic (exact) mass is 414 g/mol. The van der Waals surface area contributed by atoms with Crippen LogP contribution in [0.25, 0.3) is 0 Å². The van der Waals surface area contributed by atoms with Crippen molar-refractivity contribution in [2.24, 2.45) is 0 Å². The summed E-state index contributed by atoms with van der Waals surface area (Å²) in [4.78, 5) is 35.4. The number of nitrogens with one attached hydrogen (secondary N) is 2. The van der Waals surface area contributed by atoms with E-state index in [9.17, 15) is 14.4 Å². The zero-order chi connectivity index (χ0) is 21.9. The smallest absolute Gasteiger partial charge is 0.325 e. The molecule has 0 aliphatic carbocycles. The van der Waals surface area contributed by atoms with Crippen LogP contribution >= 0.6 is 0 Å². The van der Waals surface area contributed by atoms with Gasteiger partial charge in [-0.05, 0) is 49.7 Å². The van der Waals surface area contributed by atoms with Crippen LogP contribution in [0.15, 0.2) is 42.5 Å². The van der Waals surface area contributed by atoms with Gasteiger partial charge in [-0.1, -0.05) is 12.1 Å². The van der Waals surface area contributed by atoms with Crippen LogP contribution in [-0.2, 0) is 20.7 Å². The maximum atomic E-state index is 12.6. The average molecular weight is 414 g/mol. The van der Waals surface area contributed by atoms with Crippen LogP contribution in [-0.4, -0.2) is 44.7 Å². The molecule has 2 amide bonds. The number of carbonyl (C=O) groups excluding carboxylic acids is 3. The summed E-state index contributed by atoms with van der Waals surface area (Å²) in [5, 5.41) is 5.28. The maximum absolute atomic E-state index is 12.6. The van der Waals surface area contributed by atoms with Gasteiger partial charge in [0.1, 0.15) is 6.54 Å². The number of esters is 1. The Morgan fingerprint density at radius 3 is 2.20 bits per heavy atom. The lowest BCUT2D eigenvalue weighted by Crippen LogP contribution is -2.31. The standard InChI is InChI=1S/C22H26N2O6/c1-4-29-18-11-8-16(13-19(18)30-5-2)22(27)24-17-9-6-15(7-10-17)12-20(25)23-14-21(26)28-3/h6-11,13H,4-5,12,14H2,1-3H3,(H,23,25)(H,24,27). The zero-order valence-electron chi connectivity index (χ0n) is 17.3. The molecule has 0 atom stereocenters. The van der Waals surface area contributed by atoms with Gasteiger partial charge in [0.15, 0.2) is 11.5 Å². The molecular weight excluding hydrogens is 388 g/mol. The van der Waals surface area contributed by atoms with E-state index in [1.165, 1.54) is 7.11 Å². The summed E-state index contributed by atoms with van der Waals surface area (Å²) in [6, 6.07) is 11.9. The van der Waals surface area contributed by atoms with Crippen LogP contribution in [0.3, 0.4) is 0 Å². The third kappa shape index (κ3) is 6.80. The first-order valence-electron chi connectivity index (χ1n) is 9.60. The van der Waals surface area contributed by atoms with Gasteiger partial charge >= 0.3 is 5.97 Å². The summed E-state index contributed by atoms with van der Waals surface area (Å²) in [7, 11) is 1.26. The van der Waals surface area contributed by atoms with Gasteiger partial charge in [-0.15, -0.1) is 0 Å². The Morgan fingerprint density at radius 2 is 1.57 bits per heavy atom. The highest BCUT2D eigenvalue weighted by Gasteiger charge is 2.12. The van der Waals surface area contributed by atoms with Gasteiger partial charge in [-0.3, -0.25) is 14.4 Å². The Hall–Kier alpha value is -3.55. The third-order valence-corrected chi connectivity index (χ3v) is 4.04.